The summed E-state index contributed by atoms with van der Waals surface area (Å²) in [5, 5.41) is 2.54. The number of halogens is 2. The lowest BCUT2D eigenvalue weighted by Crippen LogP contribution is -2.35. The standard InChI is InChI=1S/C19H20F2N2O5S/c1-23(29(26,27)17-8-6-16(21)7-9-17)12-19(25)28-13-18(24)22-11-10-14-2-4-15(20)5-3-14/h2-9H,10-13H2,1H3,(H,22,24). The van der Waals surface area contributed by atoms with E-state index in [2.05, 4.69) is 5.32 Å². The van der Waals surface area contributed by atoms with Crippen LogP contribution < -0.4 is 5.32 Å². The molecule has 0 aliphatic heterocycles. The second-order valence-electron chi connectivity index (χ2n) is 6.10. The minimum atomic E-state index is -4.00. The van der Waals surface area contributed by atoms with Gasteiger partial charge in [-0.1, -0.05) is 12.1 Å². The Morgan fingerprint density at radius 1 is 1.00 bits per heavy atom. The molecule has 10 heteroatoms. The topological polar surface area (TPSA) is 92.8 Å². The summed E-state index contributed by atoms with van der Waals surface area (Å²) in [7, 11) is -2.83. The summed E-state index contributed by atoms with van der Waals surface area (Å²) in [6.07, 6.45) is 0.471. The van der Waals surface area contributed by atoms with E-state index in [1.54, 1.807) is 12.1 Å². The van der Waals surface area contributed by atoms with Crippen molar-refractivity contribution in [3.05, 3.63) is 65.7 Å². The van der Waals surface area contributed by atoms with Crippen LogP contribution in [0.1, 0.15) is 5.56 Å². The highest BCUT2D eigenvalue weighted by molar-refractivity contribution is 7.89. The second-order valence-corrected chi connectivity index (χ2v) is 8.15. The van der Waals surface area contributed by atoms with Crippen LogP contribution in [0.5, 0.6) is 0 Å². The highest BCUT2D eigenvalue weighted by Crippen LogP contribution is 2.14. The van der Waals surface area contributed by atoms with Gasteiger partial charge in [-0.25, -0.2) is 17.2 Å². The molecule has 2 aromatic carbocycles. The van der Waals surface area contributed by atoms with Gasteiger partial charge in [-0.15, -0.1) is 0 Å². The van der Waals surface area contributed by atoms with Crippen LogP contribution in [-0.4, -0.2) is 51.3 Å². The fourth-order valence-corrected chi connectivity index (χ4v) is 3.41. The fourth-order valence-electron chi connectivity index (χ4n) is 2.29. The van der Waals surface area contributed by atoms with Gasteiger partial charge in [0.15, 0.2) is 6.61 Å². The van der Waals surface area contributed by atoms with Gasteiger partial charge in [0.2, 0.25) is 10.0 Å². The maximum Gasteiger partial charge on any atom is 0.321 e. The van der Waals surface area contributed by atoms with Crippen molar-refractivity contribution in [2.75, 3.05) is 26.7 Å². The molecule has 7 nitrogen and oxygen atoms in total. The Hall–Kier alpha value is -2.85. The SMILES string of the molecule is CN(CC(=O)OCC(=O)NCCc1ccc(F)cc1)S(=O)(=O)c1ccc(F)cc1. The van der Waals surface area contributed by atoms with Crippen molar-refractivity contribution < 1.29 is 31.5 Å². The molecular weight excluding hydrogens is 406 g/mol. The molecule has 1 N–H and O–H groups in total. The minimum Gasteiger partial charge on any atom is -0.455 e. The van der Waals surface area contributed by atoms with E-state index in [4.69, 9.17) is 4.74 Å². The summed E-state index contributed by atoms with van der Waals surface area (Å²) >= 11 is 0. The monoisotopic (exact) mass is 426 g/mol. The van der Waals surface area contributed by atoms with Gasteiger partial charge >= 0.3 is 5.97 Å². The smallest absolute Gasteiger partial charge is 0.321 e. The summed E-state index contributed by atoms with van der Waals surface area (Å²) in [6, 6.07) is 9.98. The first-order chi connectivity index (χ1) is 13.7. The first-order valence-corrected chi connectivity index (χ1v) is 10.0. The lowest BCUT2D eigenvalue weighted by atomic mass is 10.1. The van der Waals surface area contributed by atoms with Crippen molar-refractivity contribution in [3.8, 4) is 0 Å². The predicted molar refractivity (Wildman–Crippen MR) is 100 cm³/mol. The molecule has 0 bridgehead atoms. The Morgan fingerprint density at radius 2 is 1.55 bits per heavy atom. The molecule has 0 atom stereocenters. The number of carbonyl (C=O) groups is 2. The summed E-state index contributed by atoms with van der Waals surface area (Å²) in [6.45, 7) is -0.907. The van der Waals surface area contributed by atoms with Gasteiger partial charge in [-0.3, -0.25) is 9.59 Å². The zero-order chi connectivity index (χ0) is 21.4. The number of hydrogen-bond acceptors (Lipinski definition) is 5. The second kappa shape index (κ2) is 10.1. The van der Waals surface area contributed by atoms with Gasteiger partial charge in [0, 0.05) is 13.6 Å². The van der Waals surface area contributed by atoms with E-state index in [0.29, 0.717) is 6.42 Å². The highest BCUT2D eigenvalue weighted by atomic mass is 32.2. The number of nitrogens with one attached hydrogen (secondary N) is 1. The van der Waals surface area contributed by atoms with Crippen molar-refractivity contribution in [1.82, 2.24) is 9.62 Å². The quantitative estimate of drug-likeness (QED) is 0.614. The van der Waals surface area contributed by atoms with Gasteiger partial charge in [0.1, 0.15) is 18.2 Å². The van der Waals surface area contributed by atoms with Crippen LogP contribution in [0.3, 0.4) is 0 Å². The first kappa shape index (κ1) is 22.4. The molecule has 156 valence electrons. The van der Waals surface area contributed by atoms with Gasteiger partial charge in [-0.05, 0) is 48.4 Å². The van der Waals surface area contributed by atoms with Gasteiger partial charge < -0.3 is 10.1 Å². The normalized spacial score (nSPS) is 11.3. The average Bonchev–Trinajstić information content (AvgIpc) is 2.68. The summed E-state index contributed by atoms with van der Waals surface area (Å²) in [4.78, 5) is 23.4. The Kier molecular flexibility index (Phi) is 7.80. The third kappa shape index (κ3) is 6.91. The Labute approximate surface area is 167 Å². The van der Waals surface area contributed by atoms with Crippen LogP contribution in [-0.2, 0) is 30.8 Å². The number of hydrogen-bond donors (Lipinski definition) is 1. The van der Waals surface area contributed by atoms with Crippen LogP contribution in [0, 0.1) is 11.6 Å². The summed E-state index contributed by atoms with van der Waals surface area (Å²) < 4.78 is 55.9. The number of nitrogens with zero attached hydrogens (tertiary/aromatic N) is 1. The van der Waals surface area contributed by atoms with Crippen LogP contribution in [0.15, 0.2) is 53.4 Å². The molecule has 0 unspecified atom stereocenters. The van der Waals surface area contributed by atoms with E-state index >= 15 is 0 Å². The zero-order valence-corrected chi connectivity index (χ0v) is 16.4. The van der Waals surface area contributed by atoms with Crippen LogP contribution >= 0.6 is 0 Å². The third-order valence-electron chi connectivity index (χ3n) is 3.89. The molecule has 2 aromatic rings. The molecule has 0 aliphatic carbocycles. The Morgan fingerprint density at radius 3 is 2.14 bits per heavy atom. The summed E-state index contributed by atoms with van der Waals surface area (Å²) in [5.74, 6) is -2.40. The zero-order valence-electron chi connectivity index (χ0n) is 15.6. The average molecular weight is 426 g/mol. The van der Waals surface area contributed by atoms with Gasteiger partial charge in [0.25, 0.3) is 5.91 Å². The molecule has 0 aromatic heterocycles. The van der Waals surface area contributed by atoms with Gasteiger partial charge in [-0.2, -0.15) is 4.31 Å². The molecular formula is C19H20F2N2O5S. The van der Waals surface area contributed by atoms with Crippen molar-refractivity contribution in [3.63, 3.8) is 0 Å². The number of carbonyl (C=O) groups excluding carboxylic acids is 2. The van der Waals surface area contributed by atoms with Gasteiger partial charge in [0.05, 0.1) is 4.90 Å². The van der Waals surface area contributed by atoms with E-state index in [1.165, 1.54) is 19.2 Å². The Bertz CT molecular complexity index is 948. The van der Waals surface area contributed by atoms with Crippen LogP contribution in [0.4, 0.5) is 8.78 Å². The molecule has 1 amide bonds. The number of esters is 1. The number of sulfonamides is 1. The molecule has 0 saturated carbocycles. The van der Waals surface area contributed by atoms with Crippen LogP contribution in [0.25, 0.3) is 0 Å². The van der Waals surface area contributed by atoms with E-state index in [0.717, 1.165) is 34.1 Å². The van der Waals surface area contributed by atoms with E-state index in [9.17, 15) is 26.8 Å². The number of rotatable bonds is 9. The summed E-state index contributed by atoms with van der Waals surface area (Å²) in [5.41, 5.74) is 0.830. The number of amides is 1. The molecule has 0 saturated heterocycles. The fraction of sp³-hybridized carbons (Fsp3) is 0.263. The van der Waals surface area contributed by atoms with E-state index in [1.807, 2.05) is 0 Å². The molecule has 0 heterocycles. The van der Waals surface area contributed by atoms with E-state index in [-0.39, 0.29) is 17.3 Å². The molecule has 29 heavy (non-hydrogen) atoms. The minimum absolute atomic E-state index is 0.173. The molecule has 0 fully saturated rings. The van der Waals surface area contributed by atoms with Crippen LogP contribution in [0.2, 0.25) is 0 Å². The van der Waals surface area contributed by atoms with E-state index < -0.39 is 40.9 Å². The predicted octanol–water partition coefficient (Wildman–Crippen LogP) is 1.49. The number of likely N-dealkylation sites (N-methyl/N-ethyl adjacent to an activating group) is 1. The first-order valence-electron chi connectivity index (χ1n) is 8.57. The highest BCUT2D eigenvalue weighted by Gasteiger charge is 2.23. The lowest BCUT2D eigenvalue weighted by Gasteiger charge is -2.16. The molecule has 0 spiro atoms. The lowest BCUT2D eigenvalue weighted by molar-refractivity contribution is -0.148. The maximum absolute atomic E-state index is 12.9. The van der Waals surface area contributed by atoms with Crippen molar-refractivity contribution >= 4 is 21.9 Å². The van der Waals surface area contributed by atoms with Crippen molar-refractivity contribution in [2.24, 2.45) is 0 Å². The van der Waals surface area contributed by atoms with Crippen molar-refractivity contribution in [2.45, 2.75) is 11.3 Å². The molecule has 2 rings (SSSR count). The largest absolute Gasteiger partial charge is 0.455 e. The molecule has 0 radical (unpaired) electrons. The van der Waals surface area contributed by atoms with Crippen molar-refractivity contribution in [1.29, 1.82) is 0 Å². The Balaban J connectivity index is 1.74. The number of ether oxygens (including phenoxy) is 1. The molecule has 0 aliphatic rings. The third-order valence-corrected chi connectivity index (χ3v) is 5.70. The maximum atomic E-state index is 12.9. The number of benzene rings is 2.